The minimum Gasteiger partial charge on any atom is -0.441 e. The molecule has 0 atom stereocenters. The molecule has 0 aliphatic carbocycles. The van der Waals surface area contributed by atoms with Crippen molar-refractivity contribution in [1.82, 2.24) is 4.98 Å². The highest BCUT2D eigenvalue weighted by molar-refractivity contribution is 7.17. The maximum atomic E-state index is 12.7. The molecule has 0 saturated heterocycles. The van der Waals surface area contributed by atoms with E-state index in [2.05, 4.69) is 10.3 Å². The molecule has 0 unspecified atom stereocenters. The number of thiophene rings is 2. The number of nitrogens with two attached hydrogens (primary N) is 1. The maximum Gasteiger partial charge on any atom is 0.252 e. The number of aryl methyl sites for hydroxylation is 2. The summed E-state index contributed by atoms with van der Waals surface area (Å²) in [6, 6.07) is 11.4. The Morgan fingerprint density at radius 1 is 1.13 bits per heavy atom. The molecule has 3 heterocycles. The fourth-order valence-corrected chi connectivity index (χ4v) is 4.97. The van der Waals surface area contributed by atoms with E-state index in [1.165, 1.54) is 11.3 Å². The van der Waals surface area contributed by atoms with Crippen LogP contribution in [0.2, 0.25) is 0 Å². The lowest BCUT2D eigenvalue weighted by Crippen LogP contribution is -2.19. The minimum absolute atomic E-state index is 0.0370. The molecule has 0 aliphatic rings. The molecule has 152 valence electrons. The van der Waals surface area contributed by atoms with E-state index in [0.717, 1.165) is 21.6 Å². The molecule has 4 rings (SSSR count). The van der Waals surface area contributed by atoms with E-state index in [9.17, 15) is 9.59 Å². The van der Waals surface area contributed by atoms with Gasteiger partial charge < -0.3 is 15.5 Å². The molecule has 30 heavy (non-hydrogen) atoms. The largest absolute Gasteiger partial charge is 0.441 e. The first kappa shape index (κ1) is 20.1. The minimum atomic E-state index is -0.578. The third kappa shape index (κ3) is 3.92. The molecule has 3 N–H and O–H groups in total. The van der Waals surface area contributed by atoms with Gasteiger partial charge in [0.15, 0.2) is 0 Å². The van der Waals surface area contributed by atoms with Crippen molar-refractivity contribution in [3.05, 3.63) is 69.1 Å². The third-order valence-electron chi connectivity index (χ3n) is 4.63. The summed E-state index contributed by atoms with van der Waals surface area (Å²) in [5, 5.41) is 7.17. The number of carbonyl (C=O) groups excluding carboxylic acids is 2. The van der Waals surface area contributed by atoms with Crippen LogP contribution in [-0.2, 0) is 11.2 Å². The SMILES string of the molecule is Cc1oc(-c2ccsc2)nc1CC(=O)Nc1sc(C)c(-c2ccccc2)c1C(N)=O. The van der Waals surface area contributed by atoms with E-state index in [4.69, 9.17) is 10.2 Å². The molecule has 0 saturated carbocycles. The van der Waals surface area contributed by atoms with Crippen molar-refractivity contribution >= 4 is 39.5 Å². The van der Waals surface area contributed by atoms with Gasteiger partial charge in [-0.3, -0.25) is 9.59 Å². The lowest BCUT2D eigenvalue weighted by molar-refractivity contribution is -0.115. The van der Waals surface area contributed by atoms with E-state index in [1.807, 2.05) is 54.1 Å². The lowest BCUT2D eigenvalue weighted by atomic mass is 10.0. The fraction of sp³-hybridized carbons (Fsp3) is 0.136. The zero-order valence-corrected chi connectivity index (χ0v) is 18.0. The van der Waals surface area contributed by atoms with Crippen LogP contribution in [0.4, 0.5) is 5.00 Å². The summed E-state index contributed by atoms with van der Waals surface area (Å²) in [5.74, 6) is 0.221. The van der Waals surface area contributed by atoms with Crippen LogP contribution in [0.25, 0.3) is 22.6 Å². The molecule has 0 radical (unpaired) electrons. The molecule has 6 nitrogen and oxygen atoms in total. The summed E-state index contributed by atoms with van der Waals surface area (Å²) in [6.07, 6.45) is 0.0370. The number of hydrogen-bond donors (Lipinski definition) is 2. The van der Waals surface area contributed by atoms with E-state index in [1.54, 1.807) is 18.3 Å². The van der Waals surface area contributed by atoms with Crippen molar-refractivity contribution in [1.29, 1.82) is 0 Å². The zero-order valence-electron chi connectivity index (χ0n) is 16.4. The monoisotopic (exact) mass is 437 g/mol. The molecule has 0 spiro atoms. The van der Waals surface area contributed by atoms with Gasteiger partial charge >= 0.3 is 0 Å². The van der Waals surface area contributed by atoms with Gasteiger partial charge in [0.2, 0.25) is 11.8 Å². The van der Waals surface area contributed by atoms with Gasteiger partial charge in [0.25, 0.3) is 5.91 Å². The third-order valence-corrected chi connectivity index (χ3v) is 6.34. The Morgan fingerprint density at radius 3 is 2.57 bits per heavy atom. The lowest BCUT2D eigenvalue weighted by Gasteiger charge is -2.06. The number of aromatic nitrogens is 1. The van der Waals surface area contributed by atoms with Crippen molar-refractivity contribution in [2.75, 3.05) is 5.32 Å². The fourth-order valence-electron chi connectivity index (χ4n) is 3.24. The molecule has 0 aliphatic heterocycles. The number of carbonyl (C=O) groups is 2. The highest BCUT2D eigenvalue weighted by Crippen LogP contribution is 2.39. The van der Waals surface area contributed by atoms with Crippen LogP contribution in [0.3, 0.4) is 0 Å². The van der Waals surface area contributed by atoms with E-state index in [0.29, 0.717) is 27.9 Å². The Bertz CT molecular complexity index is 1210. The second-order valence-electron chi connectivity index (χ2n) is 6.73. The Kier molecular flexibility index (Phi) is 5.52. The van der Waals surface area contributed by atoms with Crippen LogP contribution in [0.1, 0.15) is 26.7 Å². The van der Waals surface area contributed by atoms with Crippen molar-refractivity contribution < 1.29 is 14.0 Å². The van der Waals surface area contributed by atoms with Crippen molar-refractivity contribution in [3.63, 3.8) is 0 Å². The summed E-state index contributed by atoms with van der Waals surface area (Å²) in [4.78, 5) is 30.3. The van der Waals surface area contributed by atoms with Crippen LogP contribution < -0.4 is 11.1 Å². The van der Waals surface area contributed by atoms with Crippen LogP contribution in [0, 0.1) is 13.8 Å². The van der Waals surface area contributed by atoms with E-state index in [-0.39, 0.29) is 12.3 Å². The smallest absolute Gasteiger partial charge is 0.252 e. The summed E-state index contributed by atoms with van der Waals surface area (Å²) in [6.45, 7) is 3.69. The summed E-state index contributed by atoms with van der Waals surface area (Å²) >= 11 is 2.88. The average Bonchev–Trinajstić information content (AvgIpc) is 3.42. The normalized spacial score (nSPS) is 10.9. The summed E-state index contributed by atoms with van der Waals surface area (Å²) < 4.78 is 5.70. The number of nitrogens with zero attached hydrogens (tertiary/aromatic N) is 1. The second-order valence-corrected chi connectivity index (χ2v) is 8.73. The van der Waals surface area contributed by atoms with Crippen molar-refractivity contribution in [2.45, 2.75) is 20.3 Å². The Hall–Kier alpha value is -3.23. The van der Waals surface area contributed by atoms with Gasteiger partial charge in [0.1, 0.15) is 10.8 Å². The molecule has 4 aromatic rings. The van der Waals surface area contributed by atoms with Gasteiger partial charge in [0.05, 0.1) is 17.7 Å². The average molecular weight is 438 g/mol. The standard InChI is InChI=1S/C22H19N3O3S2/c1-12-16(24-21(28-12)15-8-9-29-11-15)10-17(26)25-22-19(20(23)27)18(13(2)30-22)14-6-4-3-5-7-14/h3-9,11H,10H2,1-2H3,(H2,23,27)(H,25,26). The van der Waals surface area contributed by atoms with Gasteiger partial charge in [-0.25, -0.2) is 4.98 Å². The highest BCUT2D eigenvalue weighted by atomic mass is 32.1. The van der Waals surface area contributed by atoms with Crippen LogP contribution >= 0.6 is 22.7 Å². The first-order chi connectivity index (χ1) is 14.4. The number of primary amides is 1. The predicted octanol–water partition coefficient (Wildman–Crippen LogP) is 5.03. The number of rotatable bonds is 6. The van der Waals surface area contributed by atoms with E-state index >= 15 is 0 Å². The number of oxazole rings is 1. The van der Waals surface area contributed by atoms with Crippen LogP contribution in [-0.4, -0.2) is 16.8 Å². The maximum absolute atomic E-state index is 12.7. The molecule has 0 fully saturated rings. The molecule has 8 heteroatoms. The Labute approximate surface area is 181 Å². The summed E-state index contributed by atoms with van der Waals surface area (Å²) in [5.41, 5.74) is 9.07. The van der Waals surface area contributed by atoms with Crippen LogP contribution in [0.15, 0.2) is 51.6 Å². The predicted molar refractivity (Wildman–Crippen MR) is 120 cm³/mol. The number of hydrogen-bond acceptors (Lipinski definition) is 6. The number of anilines is 1. The van der Waals surface area contributed by atoms with Gasteiger partial charge in [-0.2, -0.15) is 11.3 Å². The van der Waals surface area contributed by atoms with Gasteiger partial charge in [0, 0.05) is 21.4 Å². The quantitative estimate of drug-likeness (QED) is 0.442. The Morgan fingerprint density at radius 2 is 1.90 bits per heavy atom. The molecular weight excluding hydrogens is 418 g/mol. The van der Waals surface area contributed by atoms with Crippen molar-refractivity contribution in [3.8, 4) is 22.6 Å². The number of nitrogens with one attached hydrogen (secondary N) is 1. The molecular formula is C22H19N3O3S2. The molecule has 3 aromatic heterocycles. The van der Waals surface area contributed by atoms with E-state index < -0.39 is 5.91 Å². The van der Waals surface area contributed by atoms with Crippen LogP contribution in [0.5, 0.6) is 0 Å². The van der Waals surface area contributed by atoms with Gasteiger partial charge in [-0.05, 0) is 30.9 Å². The molecule has 1 aromatic carbocycles. The number of amides is 2. The second kappa shape index (κ2) is 8.25. The number of benzene rings is 1. The first-order valence-corrected chi connectivity index (χ1v) is 11.0. The zero-order chi connectivity index (χ0) is 21.3. The van der Waals surface area contributed by atoms with Crippen molar-refractivity contribution in [2.24, 2.45) is 5.73 Å². The molecule has 2 amide bonds. The first-order valence-electron chi connectivity index (χ1n) is 9.21. The summed E-state index contributed by atoms with van der Waals surface area (Å²) in [7, 11) is 0. The topological polar surface area (TPSA) is 98.2 Å². The van der Waals surface area contributed by atoms with Gasteiger partial charge in [-0.1, -0.05) is 30.3 Å². The molecule has 0 bridgehead atoms. The highest BCUT2D eigenvalue weighted by Gasteiger charge is 2.23. The van der Waals surface area contributed by atoms with Gasteiger partial charge in [-0.15, -0.1) is 11.3 Å². The Balaban J connectivity index is 1.59.